The minimum absolute atomic E-state index is 0.0817. The third-order valence-corrected chi connectivity index (χ3v) is 5.43. The largest absolute Gasteiger partial charge is 0.341 e. The minimum Gasteiger partial charge on any atom is -0.341 e. The predicted octanol–water partition coefficient (Wildman–Crippen LogP) is 4.10. The molecule has 1 spiro atoms. The molecule has 1 fully saturated rings. The number of hydrogen-bond donors (Lipinski definition) is 1. The first-order valence-electron chi connectivity index (χ1n) is 4.73. The van der Waals surface area contributed by atoms with Gasteiger partial charge in [0, 0.05) is 5.70 Å². The molecule has 1 saturated carbocycles. The second-order valence-corrected chi connectivity index (χ2v) is 6.31. The lowest BCUT2D eigenvalue weighted by Crippen LogP contribution is -2.18. The Bertz CT molecular complexity index is 528. The van der Waals surface area contributed by atoms with E-state index in [-0.39, 0.29) is 5.54 Å². The molecule has 0 amide bonds. The van der Waals surface area contributed by atoms with E-state index >= 15 is 0 Å². The molecule has 0 atom stereocenters. The quantitative estimate of drug-likeness (QED) is 0.828. The van der Waals surface area contributed by atoms with E-state index in [1.807, 2.05) is 0 Å². The van der Waals surface area contributed by atoms with E-state index < -0.39 is 0 Å². The Balaban J connectivity index is 2.06. The average molecular weight is 294 g/mol. The van der Waals surface area contributed by atoms with Crippen LogP contribution in [-0.2, 0) is 0 Å². The lowest BCUT2D eigenvalue weighted by atomic mass is 10.2. The molecule has 1 N–H and O–H groups in total. The van der Waals surface area contributed by atoms with Crippen LogP contribution < -0.4 is 5.32 Å². The maximum absolute atomic E-state index is 6.10. The lowest BCUT2D eigenvalue weighted by molar-refractivity contribution is 0.811. The van der Waals surface area contributed by atoms with Crippen LogP contribution in [0.5, 0.6) is 0 Å². The van der Waals surface area contributed by atoms with Gasteiger partial charge in [0.15, 0.2) is 0 Å². The topological polar surface area (TPSA) is 24.4 Å². The van der Waals surface area contributed by atoms with Crippen LogP contribution in [-0.4, -0.2) is 11.4 Å². The van der Waals surface area contributed by atoms with Crippen LogP contribution in [0.3, 0.4) is 0 Å². The van der Waals surface area contributed by atoms with Crippen molar-refractivity contribution in [3.63, 3.8) is 0 Å². The first-order chi connectivity index (χ1) is 7.53. The maximum Gasteiger partial charge on any atom is 0.145 e. The van der Waals surface area contributed by atoms with Crippen molar-refractivity contribution in [2.24, 2.45) is 4.99 Å². The smallest absolute Gasteiger partial charge is 0.145 e. The highest BCUT2D eigenvalue weighted by Gasteiger charge is 2.50. The fourth-order valence-corrected chi connectivity index (χ4v) is 3.48. The van der Waals surface area contributed by atoms with Crippen LogP contribution in [0, 0.1) is 0 Å². The number of halogens is 3. The van der Waals surface area contributed by atoms with Crippen molar-refractivity contribution in [2.75, 3.05) is 0 Å². The SMILES string of the molecule is C=C1NC(c2sc(Cl)c(Cl)c2Cl)=NC12CC2. The van der Waals surface area contributed by atoms with Gasteiger partial charge < -0.3 is 5.32 Å². The first-order valence-corrected chi connectivity index (χ1v) is 6.68. The zero-order valence-electron chi connectivity index (χ0n) is 8.11. The number of rotatable bonds is 1. The summed E-state index contributed by atoms with van der Waals surface area (Å²) < 4.78 is 0.494. The summed E-state index contributed by atoms with van der Waals surface area (Å²) in [6, 6.07) is 0. The fraction of sp³-hybridized carbons (Fsp3) is 0.300. The molecule has 1 aromatic rings. The summed E-state index contributed by atoms with van der Waals surface area (Å²) in [4.78, 5) is 5.41. The highest BCUT2D eigenvalue weighted by Crippen LogP contribution is 2.49. The van der Waals surface area contributed by atoms with E-state index in [4.69, 9.17) is 34.8 Å². The van der Waals surface area contributed by atoms with Crippen LogP contribution >= 0.6 is 46.1 Å². The molecular weight excluding hydrogens is 287 g/mol. The number of nitrogens with one attached hydrogen (secondary N) is 1. The number of nitrogens with zero attached hydrogens (tertiary/aromatic N) is 1. The molecule has 2 heterocycles. The van der Waals surface area contributed by atoms with Gasteiger partial charge >= 0.3 is 0 Å². The zero-order valence-corrected chi connectivity index (χ0v) is 11.2. The molecule has 1 aliphatic heterocycles. The molecular formula is C10H7Cl3N2S. The lowest BCUT2D eigenvalue weighted by Gasteiger charge is -2.02. The Kier molecular flexibility index (Phi) is 2.31. The van der Waals surface area contributed by atoms with Crippen LogP contribution in [0.1, 0.15) is 17.7 Å². The molecule has 2 nitrogen and oxygen atoms in total. The molecule has 84 valence electrons. The molecule has 6 heteroatoms. The number of thiophene rings is 1. The molecule has 1 aliphatic carbocycles. The molecule has 0 bridgehead atoms. The third kappa shape index (κ3) is 1.42. The van der Waals surface area contributed by atoms with Gasteiger partial charge in [0.1, 0.15) is 15.7 Å². The van der Waals surface area contributed by atoms with E-state index in [1.165, 1.54) is 11.3 Å². The Morgan fingerprint density at radius 3 is 2.38 bits per heavy atom. The molecule has 3 rings (SSSR count). The van der Waals surface area contributed by atoms with E-state index in [0.717, 1.165) is 29.3 Å². The van der Waals surface area contributed by atoms with Gasteiger partial charge in [-0.2, -0.15) is 0 Å². The highest BCUT2D eigenvalue weighted by molar-refractivity contribution is 7.19. The molecule has 16 heavy (non-hydrogen) atoms. The van der Waals surface area contributed by atoms with Crippen LogP contribution in [0.25, 0.3) is 0 Å². The van der Waals surface area contributed by atoms with Gasteiger partial charge in [-0.15, -0.1) is 11.3 Å². The highest BCUT2D eigenvalue weighted by atomic mass is 35.5. The molecule has 2 aliphatic rings. The Morgan fingerprint density at radius 1 is 1.25 bits per heavy atom. The van der Waals surface area contributed by atoms with Gasteiger partial charge in [-0.25, -0.2) is 0 Å². The van der Waals surface area contributed by atoms with Crippen LogP contribution in [0.2, 0.25) is 14.4 Å². The van der Waals surface area contributed by atoms with E-state index in [1.54, 1.807) is 0 Å². The minimum atomic E-state index is -0.0817. The van der Waals surface area contributed by atoms with Crippen LogP contribution in [0.4, 0.5) is 0 Å². The molecule has 0 radical (unpaired) electrons. The summed E-state index contributed by atoms with van der Waals surface area (Å²) in [5.41, 5.74) is 0.862. The van der Waals surface area contributed by atoms with Crippen molar-refractivity contribution in [3.8, 4) is 0 Å². The van der Waals surface area contributed by atoms with Gasteiger partial charge in [-0.05, 0) is 12.8 Å². The van der Waals surface area contributed by atoms with Crippen molar-refractivity contribution in [1.82, 2.24) is 5.32 Å². The van der Waals surface area contributed by atoms with E-state index in [2.05, 4.69) is 16.9 Å². The maximum atomic E-state index is 6.10. The second kappa shape index (κ2) is 3.39. The van der Waals surface area contributed by atoms with Crippen molar-refractivity contribution in [3.05, 3.63) is 31.5 Å². The molecule has 1 aromatic heterocycles. The third-order valence-electron chi connectivity index (χ3n) is 2.85. The van der Waals surface area contributed by atoms with E-state index in [9.17, 15) is 0 Å². The predicted molar refractivity (Wildman–Crippen MR) is 70.1 cm³/mol. The van der Waals surface area contributed by atoms with Gasteiger partial charge in [0.05, 0.1) is 14.9 Å². The summed E-state index contributed by atoms with van der Waals surface area (Å²) >= 11 is 19.3. The van der Waals surface area contributed by atoms with Crippen molar-refractivity contribution >= 4 is 52.0 Å². The monoisotopic (exact) mass is 292 g/mol. The average Bonchev–Trinajstić information content (AvgIpc) is 2.89. The van der Waals surface area contributed by atoms with Gasteiger partial charge in [-0.1, -0.05) is 41.4 Å². The van der Waals surface area contributed by atoms with Gasteiger partial charge in [0.2, 0.25) is 0 Å². The number of hydrogen-bond acceptors (Lipinski definition) is 3. The second-order valence-electron chi connectivity index (χ2n) is 3.93. The summed E-state index contributed by atoms with van der Waals surface area (Å²) in [5.74, 6) is 0.742. The molecule has 0 unspecified atom stereocenters. The Hall–Kier alpha value is -0.220. The van der Waals surface area contributed by atoms with E-state index in [0.29, 0.717) is 14.4 Å². The number of amidine groups is 1. The van der Waals surface area contributed by atoms with Crippen molar-refractivity contribution < 1.29 is 0 Å². The molecule has 0 aromatic carbocycles. The van der Waals surface area contributed by atoms with Gasteiger partial charge in [-0.3, -0.25) is 4.99 Å². The Morgan fingerprint density at radius 2 is 1.94 bits per heavy atom. The van der Waals surface area contributed by atoms with Crippen LogP contribution in [0.15, 0.2) is 17.3 Å². The fourth-order valence-electron chi connectivity index (χ4n) is 1.73. The standard InChI is InChI=1S/C10H7Cl3N2S/c1-4-10(2-3-10)15-9(14-4)7-5(11)6(12)8(13)16-7/h1-3H2,(H,14,15). The molecule has 0 saturated heterocycles. The Labute approximate surface area is 112 Å². The number of aliphatic imine (C=N–C) groups is 1. The summed E-state index contributed by atoms with van der Waals surface area (Å²) in [5, 5.41) is 4.03. The van der Waals surface area contributed by atoms with Gasteiger partial charge in [0.25, 0.3) is 0 Å². The van der Waals surface area contributed by atoms with Crippen molar-refractivity contribution in [2.45, 2.75) is 18.4 Å². The van der Waals surface area contributed by atoms with Crippen molar-refractivity contribution in [1.29, 1.82) is 0 Å². The first kappa shape index (κ1) is 10.9. The zero-order chi connectivity index (χ0) is 11.5. The summed E-state index contributed by atoms with van der Waals surface area (Å²) in [7, 11) is 0. The summed E-state index contributed by atoms with van der Waals surface area (Å²) in [6.45, 7) is 3.97. The summed E-state index contributed by atoms with van der Waals surface area (Å²) in [6.07, 6.45) is 2.10. The normalized spacial score (nSPS) is 21.2.